The SMILES string of the molecule is O=C(N/N=C\c1sc(N2CCCCC2)nc1-c1cccs1)c1ccc[nH]1. The summed E-state index contributed by atoms with van der Waals surface area (Å²) >= 11 is 3.29. The maximum Gasteiger partial charge on any atom is 0.287 e. The van der Waals surface area contributed by atoms with Crippen molar-refractivity contribution in [2.75, 3.05) is 18.0 Å². The molecule has 0 saturated carbocycles. The van der Waals surface area contributed by atoms with Crippen molar-refractivity contribution in [2.24, 2.45) is 5.10 Å². The van der Waals surface area contributed by atoms with Crippen molar-refractivity contribution >= 4 is 39.9 Å². The van der Waals surface area contributed by atoms with Crippen LogP contribution in [0, 0.1) is 0 Å². The van der Waals surface area contributed by atoms with Crippen molar-refractivity contribution in [1.82, 2.24) is 15.4 Å². The summed E-state index contributed by atoms with van der Waals surface area (Å²) in [6.45, 7) is 2.11. The summed E-state index contributed by atoms with van der Waals surface area (Å²) < 4.78 is 0. The van der Waals surface area contributed by atoms with Crippen LogP contribution in [0.25, 0.3) is 10.6 Å². The second kappa shape index (κ2) is 7.84. The fourth-order valence-corrected chi connectivity index (χ4v) is 4.70. The quantitative estimate of drug-likeness (QED) is 0.516. The number of nitrogens with zero attached hydrogens (tertiary/aromatic N) is 3. The van der Waals surface area contributed by atoms with E-state index in [4.69, 9.17) is 4.98 Å². The van der Waals surface area contributed by atoms with E-state index in [0.29, 0.717) is 5.69 Å². The van der Waals surface area contributed by atoms with Crippen LogP contribution in [0.4, 0.5) is 5.13 Å². The second-order valence-electron chi connectivity index (χ2n) is 6.02. The van der Waals surface area contributed by atoms with Gasteiger partial charge in [0.15, 0.2) is 5.13 Å². The number of aromatic nitrogens is 2. The molecule has 8 heteroatoms. The van der Waals surface area contributed by atoms with E-state index in [9.17, 15) is 4.79 Å². The van der Waals surface area contributed by atoms with Crippen LogP contribution in [-0.2, 0) is 0 Å². The molecule has 0 radical (unpaired) electrons. The molecule has 134 valence electrons. The van der Waals surface area contributed by atoms with Crippen molar-refractivity contribution < 1.29 is 4.79 Å². The first-order valence-corrected chi connectivity index (χ1v) is 10.3. The highest BCUT2D eigenvalue weighted by Crippen LogP contribution is 2.35. The summed E-state index contributed by atoms with van der Waals surface area (Å²) in [5.74, 6) is -0.260. The zero-order chi connectivity index (χ0) is 17.8. The summed E-state index contributed by atoms with van der Waals surface area (Å²) in [4.78, 5) is 24.1. The van der Waals surface area contributed by atoms with Gasteiger partial charge < -0.3 is 9.88 Å². The lowest BCUT2D eigenvalue weighted by atomic mass is 10.1. The Balaban J connectivity index is 1.56. The molecule has 1 saturated heterocycles. The molecule has 4 heterocycles. The molecule has 1 fully saturated rings. The smallest absolute Gasteiger partial charge is 0.287 e. The molecule has 1 aliphatic heterocycles. The van der Waals surface area contributed by atoms with Crippen LogP contribution in [-0.4, -0.2) is 35.2 Å². The van der Waals surface area contributed by atoms with Crippen LogP contribution in [0.2, 0.25) is 0 Å². The average Bonchev–Trinajstić information content (AvgIpc) is 3.42. The molecule has 1 amide bonds. The predicted molar refractivity (Wildman–Crippen MR) is 107 cm³/mol. The van der Waals surface area contributed by atoms with Gasteiger partial charge in [-0.1, -0.05) is 17.4 Å². The van der Waals surface area contributed by atoms with Crippen LogP contribution in [0.1, 0.15) is 34.6 Å². The topological polar surface area (TPSA) is 73.4 Å². The van der Waals surface area contributed by atoms with Gasteiger partial charge in [-0.15, -0.1) is 11.3 Å². The number of anilines is 1. The number of carbonyl (C=O) groups is 1. The highest BCUT2D eigenvalue weighted by Gasteiger charge is 2.19. The fraction of sp³-hybridized carbons (Fsp3) is 0.278. The van der Waals surface area contributed by atoms with Crippen molar-refractivity contribution in [2.45, 2.75) is 19.3 Å². The summed E-state index contributed by atoms with van der Waals surface area (Å²) in [6.07, 6.45) is 7.12. The van der Waals surface area contributed by atoms with E-state index in [2.05, 4.69) is 26.5 Å². The molecule has 0 aliphatic carbocycles. The normalized spacial score (nSPS) is 14.8. The number of carbonyl (C=O) groups excluding carboxylic acids is 1. The van der Waals surface area contributed by atoms with Gasteiger partial charge in [0.05, 0.1) is 16.0 Å². The van der Waals surface area contributed by atoms with Crippen LogP contribution < -0.4 is 10.3 Å². The summed E-state index contributed by atoms with van der Waals surface area (Å²) in [7, 11) is 0. The number of hydrogen-bond acceptors (Lipinski definition) is 6. The first-order valence-electron chi connectivity index (χ1n) is 8.58. The van der Waals surface area contributed by atoms with Crippen LogP contribution in [0.15, 0.2) is 40.9 Å². The van der Waals surface area contributed by atoms with E-state index >= 15 is 0 Å². The average molecular weight is 386 g/mol. The van der Waals surface area contributed by atoms with Crippen LogP contribution in [0.3, 0.4) is 0 Å². The number of thiazole rings is 1. The Labute approximate surface area is 159 Å². The lowest BCUT2D eigenvalue weighted by Gasteiger charge is -2.25. The Kier molecular flexibility index (Phi) is 5.12. The lowest BCUT2D eigenvalue weighted by Crippen LogP contribution is -2.29. The number of hydrogen-bond donors (Lipinski definition) is 2. The molecule has 26 heavy (non-hydrogen) atoms. The van der Waals surface area contributed by atoms with E-state index < -0.39 is 0 Å². The largest absolute Gasteiger partial charge is 0.357 e. The fourth-order valence-electron chi connectivity index (χ4n) is 2.90. The number of amides is 1. The van der Waals surface area contributed by atoms with Crippen molar-refractivity contribution in [3.8, 4) is 10.6 Å². The zero-order valence-corrected chi connectivity index (χ0v) is 15.8. The monoisotopic (exact) mass is 385 g/mol. The molecule has 0 atom stereocenters. The third-order valence-electron chi connectivity index (χ3n) is 4.21. The Morgan fingerprint density at radius 3 is 2.88 bits per heavy atom. The Hall–Kier alpha value is -2.45. The summed E-state index contributed by atoms with van der Waals surface area (Å²) in [5.41, 5.74) is 3.98. The van der Waals surface area contributed by atoms with Gasteiger partial charge in [-0.3, -0.25) is 4.79 Å². The third kappa shape index (κ3) is 3.71. The third-order valence-corrected chi connectivity index (χ3v) is 6.14. The minimum Gasteiger partial charge on any atom is -0.357 e. The number of nitrogens with one attached hydrogen (secondary N) is 2. The van der Waals surface area contributed by atoms with Gasteiger partial charge in [-0.25, -0.2) is 10.4 Å². The molecule has 1 aliphatic rings. The molecule has 0 bridgehead atoms. The van der Waals surface area contributed by atoms with E-state index in [1.165, 1.54) is 19.3 Å². The minimum atomic E-state index is -0.260. The highest BCUT2D eigenvalue weighted by atomic mass is 32.1. The Morgan fingerprint density at radius 1 is 1.27 bits per heavy atom. The minimum absolute atomic E-state index is 0.260. The number of piperidine rings is 1. The van der Waals surface area contributed by atoms with Crippen LogP contribution >= 0.6 is 22.7 Å². The zero-order valence-electron chi connectivity index (χ0n) is 14.1. The van der Waals surface area contributed by atoms with E-state index in [1.807, 2.05) is 11.4 Å². The van der Waals surface area contributed by atoms with Gasteiger partial charge in [0.1, 0.15) is 11.4 Å². The van der Waals surface area contributed by atoms with Gasteiger partial charge in [-0.05, 0) is 42.8 Å². The maximum absolute atomic E-state index is 12.0. The maximum atomic E-state index is 12.0. The van der Waals surface area contributed by atoms with Crippen molar-refractivity contribution in [1.29, 1.82) is 0 Å². The molecule has 6 nitrogen and oxygen atoms in total. The van der Waals surface area contributed by atoms with Crippen molar-refractivity contribution in [3.05, 3.63) is 46.4 Å². The molecule has 2 N–H and O–H groups in total. The number of H-pyrrole nitrogens is 1. The standard InChI is InChI=1S/C18H19N5OS2/c24-17(13-6-4-8-19-13)22-20-12-15-16(14-7-5-11-25-14)21-18(26-15)23-9-2-1-3-10-23/h4-8,11-12,19H,1-3,9-10H2,(H,22,24)/b20-12-. The van der Waals surface area contributed by atoms with Gasteiger partial charge in [0.2, 0.25) is 0 Å². The predicted octanol–water partition coefficient (Wildman–Crippen LogP) is 3.95. The molecular formula is C18H19N5OS2. The molecular weight excluding hydrogens is 366 g/mol. The Morgan fingerprint density at radius 2 is 2.15 bits per heavy atom. The van der Waals surface area contributed by atoms with E-state index in [-0.39, 0.29) is 5.91 Å². The number of hydrazone groups is 1. The van der Waals surface area contributed by atoms with Gasteiger partial charge in [0, 0.05) is 19.3 Å². The number of aromatic amines is 1. The van der Waals surface area contributed by atoms with E-state index in [0.717, 1.165) is 33.7 Å². The summed E-state index contributed by atoms with van der Waals surface area (Å²) in [5, 5.41) is 7.22. The second-order valence-corrected chi connectivity index (χ2v) is 7.97. The molecule has 0 spiro atoms. The molecule has 4 rings (SSSR count). The molecule has 3 aromatic rings. The lowest BCUT2D eigenvalue weighted by molar-refractivity contribution is 0.0951. The molecule has 0 unspecified atom stereocenters. The Bertz CT molecular complexity index is 877. The van der Waals surface area contributed by atoms with E-state index in [1.54, 1.807) is 47.2 Å². The van der Waals surface area contributed by atoms with Gasteiger partial charge >= 0.3 is 0 Å². The van der Waals surface area contributed by atoms with Crippen LogP contribution in [0.5, 0.6) is 0 Å². The van der Waals surface area contributed by atoms with Crippen molar-refractivity contribution in [3.63, 3.8) is 0 Å². The molecule has 0 aromatic carbocycles. The van der Waals surface area contributed by atoms with Gasteiger partial charge in [-0.2, -0.15) is 5.10 Å². The number of rotatable bonds is 5. The highest BCUT2D eigenvalue weighted by molar-refractivity contribution is 7.18. The number of thiophene rings is 1. The van der Waals surface area contributed by atoms with Gasteiger partial charge in [0.25, 0.3) is 5.91 Å². The first-order chi connectivity index (χ1) is 12.8. The molecule has 3 aromatic heterocycles. The summed E-state index contributed by atoms with van der Waals surface area (Å²) in [6, 6.07) is 7.58. The first kappa shape index (κ1) is 17.0.